The van der Waals surface area contributed by atoms with E-state index >= 15 is 0 Å². The van der Waals surface area contributed by atoms with E-state index in [1.165, 1.54) is 0 Å². The molecule has 0 saturated heterocycles. The van der Waals surface area contributed by atoms with Gasteiger partial charge in [-0.05, 0) is 74.4 Å². The van der Waals surface area contributed by atoms with Gasteiger partial charge in [0, 0.05) is 11.9 Å². The van der Waals surface area contributed by atoms with Crippen LogP contribution in [0.1, 0.15) is 52.0 Å². The Kier molecular flexibility index (Phi) is 4.41. The van der Waals surface area contributed by atoms with Crippen molar-refractivity contribution in [3.63, 3.8) is 0 Å². The van der Waals surface area contributed by atoms with Crippen LogP contribution >= 0.6 is 0 Å². The van der Waals surface area contributed by atoms with Crippen molar-refractivity contribution in [3.8, 4) is 5.75 Å². The molecule has 4 rings (SSSR count). The van der Waals surface area contributed by atoms with E-state index in [1.807, 2.05) is 38.2 Å². The number of aryl methyl sites for hydroxylation is 2. The molecule has 26 heavy (non-hydrogen) atoms. The van der Waals surface area contributed by atoms with Gasteiger partial charge in [0.2, 0.25) is 0 Å². The number of benzene rings is 1. The molecule has 1 aromatic carbocycles. The smallest absolute Gasteiger partial charge is 0.260 e. The van der Waals surface area contributed by atoms with Gasteiger partial charge in [-0.15, -0.1) is 0 Å². The molecule has 5 heteroatoms. The van der Waals surface area contributed by atoms with Crippen LogP contribution in [0.4, 0.5) is 0 Å². The predicted molar refractivity (Wildman–Crippen MR) is 98.3 cm³/mol. The average molecular weight is 352 g/mol. The van der Waals surface area contributed by atoms with Crippen molar-refractivity contribution in [3.05, 3.63) is 58.4 Å². The van der Waals surface area contributed by atoms with Crippen LogP contribution in [0.3, 0.4) is 0 Å². The number of fused-ring (bicyclic) bond motifs is 1. The molecule has 1 N–H and O–H groups in total. The summed E-state index contributed by atoms with van der Waals surface area (Å²) in [5.74, 6) is 0.600. The van der Waals surface area contributed by atoms with E-state index in [9.17, 15) is 9.90 Å². The van der Waals surface area contributed by atoms with Gasteiger partial charge in [0.15, 0.2) is 6.73 Å². The van der Waals surface area contributed by atoms with Crippen LogP contribution in [0, 0.1) is 13.8 Å². The highest BCUT2D eigenvalue weighted by Gasteiger charge is 2.37. The fourth-order valence-electron chi connectivity index (χ4n) is 3.91. The molecular weight excluding hydrogens is 328 g/mol. The van der Waals surface area contributed by atoms with E-state index in [-0.39, 0.29) is 18.7 Å². The largest absolute Gasteiger partial charge is 0.472 e. The molecular formula is C21H24N2O3. The number of aromatic nitrogens is 1. The van der Waals surface area contributed by atoms with E-state index < -0.39 is 6.10 Å². The van der Waals surface area contributed by atoms with Crippen LogP contribution in [0.5, 0.6) is 5.75 Å². The van der Waals surface area contributed by atoms with Crippen LogP contribution in [-0.4, -0.2) is 39.8 Å². The summed E-state index contributed by atoms with van der Waals surface area (Å²) in [6.45, 7) is 4.22. The van der Waals surface area contributed by atoms with Crippen LogP contribution < -0.4 is 4.74 Å². The lowest BCUT2D eigenvalue weighted by molar-refractivity contribution is 0.0127. The Balaban J connectivity index is 1.63. The summed E-state index contributed by atoms with van der Waals surface area (Å²) in [7, 11) is 0. The van der Waals surface area contributed by atoms with Crippen LogP contribution in [0.25, 0.3) is 0 Å². The number of hydrogen-bond acceptors (Lipinski definition) is 4. The maximum Gasteiger partial charge on any atom is 0.260 e. The summed E-state index contributed by atoms with van der Waals surface area (Å²) in [4.78, 5) is 19.1. The normalized spacial score (nSPS) is 22.3. The molecule has 1 aromatic heterocycles. The van der Waals surface area contributed by atoms with Gasteiger partial charge < -0.3 is 9.84 Å². The Bertz CT molecular complexity index is 832. The van der Waals surface area contributed by atoms with E-state index in [0.717, 1.165) is 48.1 Å². The van der Waals surface area contributed by atoms with Gasteiger partial charge >= 0.3 is 0 Å². The van der Waals surface area contributed by atoms with Crippen molar-refractivity contribution in [1.29, 1.82) is 0 Å². The van der Waals surface area contributed by atoms with Crippen molar-refractivity contribution in [1.82, 2.24) is 9.88 Å². The highest BCUT2D eigenvalue weighted by atomic mass is 16.5. The minimum atomic E-state index is -0.451. The maximum atomic E-state index is 13.0. The fraction of sp³-hybridized carbons (Fsp3) is 0.429. The molecule has 2 heterocycles. The molecule has 2 aromatic rings. The number of aliphatic hydroxyl groups is 1. The Morgan fingerprint density at radius 3 is 2.81 bits per heavy atom. The van der Waals surface area contributed by atoms with Gasteiger partial charge in [0.25, 0.3) is 5.91 Å². The van der Waals surface area contributed by atoms with Crippen molar-refractivity contribution in [2.24, 2.45) is 0 Å². The van der Waals surface area contributed by atoms with Gasteiger partial charge in [-0.2, -0.15) is 0 Å². The first-order chi connectivity index (χ1) is 12.5. The topological polar surface area (TPSA) is 62.7 Å². The van der Waals surface area contributed by atoms with Crippen molar-refractivity contribution in [2.45, 2.75) is 51.7 Å². The number of pyridine rings is 1. The first-order valence-corrected chi connectivity index (χ1v) is 9.20. The molecule has 0 bridgehead atoms. The molecule has 136 valence electrons. The van der Waals surface area contributed by atoms with Gasteiger partial charge in [-0.25, -0.2) is 0 Å². The molecule has 1 aliphatic carbocycles. The summed E-state index contributed by atoms with van der Waals surface area (Å²) >= 11 is 0. The number of carbonyl (C=O) groups excluding carboxylic acids is 1. The molecule has 1 amide bonds. The third-order valence-electron chi connectivity index (χ3n) is 5.50. The second kappa shape index (κ2) is 6.72. The van der Waals surface area contributed by atoms with E-state index in [0.29, 0.717) is 11.3 Å². The number of rotatable bonds is 3. The van der Waals surface area contributed by atoms with Crippen LogP contribution in [-0.2, 0) is 6.42 Å². The highest BCUT2D eigenvalue weighted by Crippen LogP contribution is 2.33. The first kappa shape index (κ1) is 17.0. The molecule has 0 radical (unpaired) electrons. The molecule has 1 aliphatic heterocycles. The Hall–Kier alpha value is -2.40. The van der Waals surface area contributed by atoms with Crippen molar-refractivity contribution < 1.29 is 14.6 Å². The lowest BCUT2D eigenvalue weighted by atomic mass is 9.96. The summed E-state index contributed by atoms with van der Waals surface area (Å²) < 4.78 is 5.85. The first-order valence-electron chi connectivity index (χ1n) is 9.20. The van der Waals surface area contributed by atoms with Gasteiger partial charge in [0.1, 0.15) is 5.75 Å². The summed E-state index contributed by atoms with van der Waals surface area (Å²) in [5, 5.41) is 10.2. The second-order valence-electron chi connectivity index (χ2n) is 7.37. The molecule has 5 nitrogen and oxygen atoms in total. The predicted octanol–water partition coefficient (Wildman–Crippen LogP) is 2.99. The third kappa shape index (κ3) is 3.07. The number of nitrogens with zero attached hydrogens (tertiary/aromatic N) is 2. The van der Waals surface area contributed by atoms with E-state index in [2.05, 4.69) is 11.1 Å². The molecule has 1 saturated carbocycles. The summed E-state index contributed by atoms with van der Waals surface area (Å²) in [6, 6.07) is 7.83. The zero-order valence-corrected chi connectivity index (χ0v) is 15.2. The minimum absolute atomic E-state index is 0.0412. The summed E-state index contributed by atoms with van der Waals surface area (Å²) in [6.07, 6.45) is 4.69. The Labute approximate surface area is 153 Å². The third-order valence-corrected chi connectivity index (χ3v) is 5.50. The monoisotopic (exact) mass is 352 g/mol. The Morgan fingerprint density at radius 2 is 2.12 bits per heavy atom. The number of aliphatic hydroxyl groups excluding tert-OH is 1. The number of ether oxygens (including phenoxy) is 1. The summed E-state index contributed by atoms with van der Waals surface area (Å²) in [5.41, 5.74) is 4.90. The molecule has 2 aliphatic rings. The standard InChI is InChI=1S/C21H24N2O3/c1-13-8-20-17(10-16(13)9-15-7-6-14(2)22-11-15)21(25)23(12-26-20)18-4-3-5-19(18)24/h6-8,10-11,18-19,24H,3-5,9,12H2,1-2H3/t18-,19-/m0/s1. The zero-order chi connectivity index (χ0) is 18.3. The Morgan fingerprint density at radius 1 is 1.27 bits per heavy atom. The SMILES string of the molecule is Cc1ccc(Cc2cc3c(cc2C)OCN([C@H]2CCC[C@@H]2O)C3=O)cn1. The van der Waals surface area contributed by atoms with Crippen LogP contribution in [0.2, 0.25) is 0 Å². The van der Waals surface area contributed by atoms with Gasteiger partial charge in [-0.3, -0.25) is 14.7 Å². The number of carbonyl (C=O) groups is 1. The lowest BCUT2D eigenvalue weighted by Crippen LogP contribution is -2.48. The van der Waals surface area contributed by atoms with E-state index in [1.54, 1.807) is 4.90 Å². The van der Waals surface area contributed by atoms with Gasteiger partial charge in [-0.1, -0.05) is 6.07 Å². The second-order valence-corrected chi connectivity index (χ2v) is 7.37. The van der Waals surface area contributed by atoms with Crippen molar-refractivity contribution in [2.75, 3.05) is 6.73 Å². The maximum absolute atomic E-state index is 13.0. The zero-order valence-electron chi connectivity index (χ0n) is 15.2. The highest BCUT2D eigenvalue weighted by molar-refractivity contribution is 5.98. The molecule has 0 unspecified atom stereocenters. The average Bonchev–Trinajstić information content (AvgIpc) is 3.04. The minimum Gasteiger partial charge on any atom is -0.472 e. The fourth-order valence-corrected chi connectivity index (χ4v) is 3.91. The van der Waals surface area contributed by atoms with Crippen LogP contribution in [0.15, 0.2) is 30.5 Å². The quantitative estimate of drug-likeness (QED) is 0.922. The molecule has 2 atom stereocenters. The lowest BCUT2D eigenvalue weighted by Gasteiger charge is -2.35. The van der Waals surface area contributed by atoms with E-state index in [4.69, 9.17) is 4.74 Å². The van der Waals surface area contributed by atoms with Gasteiger partial charge in [0.05, 0.1) is 17.7 Å². The number of hydrogen-bond donors (Lipinski definition) is 1. The van der Waals surface area contributed by atoms with Crippen molar-refractivity contribution >= 4 is 5.91 Å². The number of amides is 1. The molecule has 0 spiro atoms. The molecule has 1 fully saturated rings.